The normalized spacial score (nSPS) is 19.6. The van der Waals surface area contributed by atoms with Gasteiger partial charge in [0, 0.05) is 24.6 Å². The molecule has 3 aliphatic heterocycles. The van der Waals surface area contributed by atoms with Gasteiger partial charge in [-0.15, -0.1) is 11.3 Å². The number of esters is 1. The summed E-state index contributed by atoms with van der Waals surface area (Å²) in [7, 11) is 3.06. The third-order valence-corrected chi connectivity index (χ3v) is 11.1. The highest BCUT2D eigenvalue weighted by Crippen LogP contribution is 2.42. The van der Waals surface area contributed by atoms with E-state index in [0.29, 0.717) is 44.4 Å². The molecule has 7 rings (SSSR count). The number of methoxy groups -OCH3 is 2. The van der Waals surface area contributed by atoms with E-state index in [4.69, 9.17) is 37.4 Å². The van der Waals surface area contributed by atoms with Crippen molar-refractivity contribution >= 4 is 46.5 Å². The largest absolute Gasteiger partial charge is 0.619 e. The summed E-state index contributed by atoms with van der Waals surface area (Å²) < 4.78 is 17.8. The lowest BCUT2D eigenvalue weighted by Gasteiger charge is -2.44. The Morgan fingerprint density at radius 1 is 1.04 bits per heavy atom. The van der Waals surface area contributed by atoms with Gasteiger partial charge in [0.25, 0.3) is 0 Å². The first kappa shape index (κ1) is 35.0. The highest BCUT2D eigenvalue weighted by molar-refractivity contribution is 7.12. The number of benzene rings is 2. The Morgan fingerprint density at radius 2 is 1.73 bits per heavy atom. The van der Waals surface area contributed by atoms with Gasteiger partial charge in [0.15, 0.2) is 23.9 Å². The van der Waals surface area contributed by atoms with E-state index in [0.717, 1.165) is 49.4 Å². The molecule has 0 aliphatic carbocycles. The van der Waals surface area contributed by atoms with Gasteiger partial charge >= 0.3 is 11.9 Å². The number of aromatic carboxylic acids is 1. The number of ether oxygens (including phenoxy) is 3. The molecule has 1 unspecified atom stereocenters. The summed E-state index contributed by atoms with van der Waals surface area (Å²) in [5, 5.41) is 28.0. The maximum absolute atomic E-state index is 13.9. The third-order valence-electron chi connectivity index (χ3n) is 9.46. The molecule has 0 spiro atoms. The molecule has 10 nitrogen and oxygen atoms in total. The van der Waals surface area contributed by atoms with Crippen LogP contribution in [0.2, 0.25) is 10.0 Å². The molecule has 3 aliphatic rings. The second-order valence-electron chi connectivity index (χ2n) is 12.3. The molecule has 2 N–H and O–H groups in total. The zero-order valence-corrected chi connectivity index (χ0v) is 29.4. The number of carboxylic acids is 1. The number of halogens is 2. The van der Waals surface area contributed by atoms with Crippen molar-refractivity contribution in [2.45, 2.75) is 43.9 Å². The van der Waals surface area contributed by atoms with Crippen molar-refractivity contribution < 1.29 is 33.6 Å². The Morgan fingerprint density at radius 3 is 2.35 bits per heavy atom. The number of fused-ring (bicyclic) bond motifs is 3. The molecule has 0 amide bonds. The number of rotatable bonds is 13. The maximum Gasteiger partial charge on any atom is 0.346 e. The molecule has 49 heavy (non-hydrogen) atoms. The predicted molar refractivity (Wildman–Crippen MR) is 187 cm³/mol. The Bertz CT molecular complexity index is 1790. The molecular formula is C36H37Cl2N3O7S. The van der Waals surface area contributed by atoms with E-state index in [1.54, 1.807) is 17.5 Å². The van der Waals surface area contributed by atoms with Crippen molar-refractivity contribution in [2.24, 2.45) is 5.92 Å². The van der Waals surface area contributed by atoms with Crippen molar-refractivity contribution in [2.75, 3.05) is 33.9 Å². The minimum atomic E-state index is -1.10. The lowest BCUT2D eigenvalue weighted by Crippen LogP contribution is -2.52. The number of pyridine rings is 1. The molecule has 0 saturated carbocycles. The fourth-order valence-corrected chi connectivity index (χ4v) is 8.50. The molecular weight excluding hydrogens is 689 g/mol. The van der Waals surface area contributed by atoms with Gasteiger partial charge in [-0.25, -0.2) is 9.59 Å². The van der Waals surface area contributed by atoms with Crippen LogP contribution in [0.3, 0.4) is 0 Å². The molecule has 5 heterocycles. The first-order chi connectivity index (χ1) is 23.7. The van der Waals surface area contributed by atoms with Gasteiger partial charge in [0.05, 0.1) is 14.2 Å². The van der Waals surface area contributed by atoms with Crippen LogP contribution in [0.1, 0.15) is 62.3 Å². The molecule has 0 radical (unpaired) electrons. The minimum Gasteiger partial charge on any atom is -0.619 e. The van der Waals surface area contributed by atoms with Crippen LogP contribution >= 0.6 is 34.5 Å². The summed E-state index contributed by atoms with van der Waals surface area (Å²) in [6.07, 6.45) is 4.46. The molecule has 3 saturated heterocycles. The van der Waals surface area contributed by atoms with Crippen LogP contribution in [0.5, 0.6) is 11.5 Å². The smallest absolute Gasteiger partial charge is 0.346 e. The number of thiophene rings is 1. The lowest BCUT2D eigenvalue weighted by molar-refractivity contribution is -0.605. The topological polar surface area (TPSA) is 124 Å². The molecule has 3 fully saturated rings. The number of piperidine rings is 3. The van der Waals surface area contributed by atoms with Crippen molar-refractivity contribution in [1.82, 2.24) is 10.2 Å². The van der Waals surface area contributed by atoms with E-state index >= 15 is 0 Å². The SMILES string of the molecule is COc1ccc([C@H](Cc2c(Cl)c[n+]([O-])cc2Cl)c2c(CNC(C(=O)O[C@H]3CN4CCC3CC4)c3ccccc3)csc2C(=O)O)cc1OC. The van der Waals surface area contributed by atoms with Gasteiger partial charge in [-0.05, 0) is 78.0 Å². The second kappa shape index (κ2) is 15.3. The number of carbonyl (C=O) groups excluding carboxylic acids is 1. The standard InChI is InChI=1S/C36H37Cl2N3O7S/c1-46-29-9-8-23(14-30(29)47-2)25(15-26-27(37)17-41(45)18-28(26)38)32-24(20-49-34(32)35(42)43)16-39-33(22-6-4-3-5-7-22)36(44)48-31-19-40-12-10-21(31)11-13-40/h3-9,14,17-18,20-21,25,31,33,39H,10-13,15-16,19H2,1-2H3,(H,42,43)/t25-,31-,33?/m0/s1. The Balaban J connectivity index is 1.37. The van der Waals surface area contributed by atoms with Crippen LogP contribution in [0, 0.1) is 11.1 Å². The summed E-state index contributed by atoms with van der Waals surface area (Å²) in [6.45, 7) is 2.96. The highest BCUT2D eigenvalue weighted by Gasteiger charge is 2.38. The molecule has 3 atom stereocenters. The quantitative estimate of drug-likeness (QED) is 0.0936. The summed E-state index contributed by atoms with van der Waals surface area (Å²) in [5.74, 6) is -0.751. The zero-order chi connectivity index (χ0) is 34.7. The van der Waals surface area contributed by atoms with Crippen molar-refractivity contribution in [3.05, 3.63) is 114 Å². The summed E-state index contributed by atoms with van der Waals surface area (Å²) >= 11 is 14.2. The fraction of sp³-hybridized carbons (Fsp3) is 0.361. The highest BCUT2D eigenvalue weighted by atomic mass is 35.5. The molecule has 13 heteroatoms. The monoisotopic (exact) mass is 725 g/mol. The van der Waals surface area contributed by atoms with E-state index in [1.807, 2.05) is 36.4 Å². The first-order valence-corrected chi connectivity index (χ1v) is 17.6. The van der Waals surface area contributed by atoms with Crippen LogP contribution in [-0.4, -0.2) is 61.9 Å². The average molecular weight is 727 g/mol. The first-order valence-electron chi connectivity index (χ1n) is 16.0. The lowest BCUT2D eigenvalue weighted by atomic mass is 9.83. The van der Waals surface area contributed by atoms with Crippen LogP contribution in [0.25, 0.3) is 0 Å². The van der Waals surface area contributed by atoms with Crippen molar-refractivity contribution in [1.29, 1.82) is 0 Å². The van der Waals surface area contributed by atoms with Crippen LogP contribution in [0.15, 0.2) is 66.3 Å². The second-order valence-corrected chi connectivity index (χ2v) is 14.0. The zero-order valence-electron chi connectivity index (χ0n) is 27.1. The van der Waals surface area contributed by atoms with Gasteiger partial charge in [-0.2, -0.15) is 4.73 Å². The van der Waals surface area contributed by atoms with Gasteiger partial charge in [-0.3, -0.25) is 10.2 Å². The van der Waals surface area contributed by atoms with Gasteiger partial charge < -0.3 is 24.5 Å². The number of aromatic nitrogens is 1. The Hall–Kier alpha value is -3.87. The molecule has 2 aromatic heterocycles. The van der Waals surface area contributed by atoms with E-state index in [2.05, 4.69) is 10.2 Å². The number of hydrogen-bond acceptors (Lipinski definition) is 9. The van der Waals surface area contributed by atoms with Crippen molar-refractivity contribution in [3.8, 4) is 11.5 Å². The predicted octanol–water partition coefficient (Wildman–Crippen LogP) is 6.25. The summed E-state index contributed by atoms with van der Waals surface area (Å²) in [5.41, 5.74) is 3.16. The summed E-state index contributed by atoms with van der Waals surface area (Å²) in [6, 6.07) is 14.0. The van der Waals surface area contributed by atoms with E-state index in [9.17, 15) is 19.9 Å². The fourth-order valence-electron chi connectivity index (χ4n) is 6.93. The van der Waals surface area contributed by atoms with Gasteiger partial charge in [0.2, 0.25) is 0 Å². The van der Waals surface area contributed by atoms with Crippen LogP contribution in [-0.2, 0) is 22.5 Å². The number of carboxylic acid groups (broad SMARTS) is 1. The summed E-state index contributed by atoms with van der Waals surface area (Å²) in [4.78, 5) is 29.1. The molecule has 2 aromatic carbocycles. The molecule has 258 valence electrons. The van der Waals surface area contributed by atoms with Gasteiger partial charge in [0.1, 0.15) is 27.1 Å². The number of nitrogens with one attached hydrogen (secondary N) is 1. The number of hydrogen-bond donors (Lipinski definition) is 2. The maximum atomic E-state index is 13.9. The molecule has 4 aromatic rings. The minimum absolute atomic E-state index is 0.129. The average Bonchev–Trinajstić information content (AvgIpc) is 3.52. The van der Waals surface area contributed by atoms with Gasteiger partial charge in [-0.1, -0.05) is 59.6 Å². The van der Waals surface area contributed by atoms with E-state index in [1.165, 1.54) is 26.6 Å². The van der Waals surface area contributed by atoms with Crippen molar-refractivity contribution in [3.63, 3.8) is 0 Å². The van der Waals surface area contributed by atoms with E-state index < -0.39 is 17.9 Å². The third kappa shape index (κ3) is 7.66. The van der Waals surface area contributed by atoms with Crippen LogP contribution < -0.4 is 19.5 Å². The number of carbonyl (C=O) groups is 2. The van der Waals surface area contributed by atoms with Crippen LogP contribution in [0.4, 0.5) is 0 Å². The Kier molecular flexibility index (Phi) is 11.0. The Labute approximate surface area is 298 Å². The number of nitrogens with zero attached hydrogens (tertiary/aromatic N) is 2. The molecule has 2 bridgehead atoms. The van der Waals surface area contributed by atoms with E-state index in [-0.39, 0.29) is 40.0 Å².